The van der Waals surface area contributed by atoms with Gasteiger partial charge in [-0.15, -0.1) is 0 Å². The van der Waals surface area contributed by atoms with Crippen LogP contribution in [0.15, 0.2) is 18.2 Å². The quantitative estimate of drug-likeness (QED) is 0.805. The maximum Gasteiger partial charge on any atom is 0.411 e. The van der Waals surface area contributed by atoms with Crippen LogP contribution in [0.5, 0.6) is 0 Å². The largest absolute Gasteiger partial charge is 0.450 e. The number of carbonyl (C=O) groups excluding carboxylic acids is 1. The Balaban J connectivity index is 2.17. The molecule has 0 aromatic heterocycles. The summed E-state index contributed by atoms with van der Waals surface area (Å²) in [5.74, 6) is 0. The Labute approximate surface area is 95.0 Å². The van der Waals surface area contributed by atoms with Crippen molar-refractivity contribution in [1.29, 1.82) is 0 Å². The molecule has 2 N–H and O–H groups in total. The molecule has 0 spiro atoms. The molecule has 0 fully saturated rings. The van der Waals surface area contributed by atoms with Gasteiger partial charge in [0, 0.05) is 6.54 Å². The molecule has 1 aliphatic heterocycles. The van der Waals surface area contributed by atoms with Crippen molar-refractivity contribution in [1.82, 2.24) is 0 Å². The number of rotatable bonds is 2. The van der Waals surface area contributed by atoms with Gasteiger partial charge in [0.1, 0.15) is 0 Å². The van der Waals surface area contributed by atoms with Gasteiger partial charge in [-0.25, -0.2) is 4.79 Å². The van der Waals surface area contributed by atoms with Crippen LogP contribution in [0.1, 0.15) is 18.9 Å². The van der Waals surface area contributed by atoms with Gasteiger partial charge < -0.3 is 10.1 Å². The summed E-state index contributed by atoms with van der Waals surface area (Å²) in [6.45, 7) is 3.13. The normalized spacial score (nSPS) is 13.6. The minimum absolute atomic E-state index is 0.383. The standard InChI is InChI=1S/C12H16N2O2/c1-2-16-12(15)14-10-7-3-5-9-6-4-8-13-11(9)10/h3,5,7,13H,2,4,6,8H2,1H3,(H,14,15). The number of ether oxygens (including phenoxy) is 1. The molecule has 4 heteroatoms. The van der Waals surface area contributed by atoms with Crippen molar-refractivity contribution < 1.29 is 9.53 Å². The van der Waals surface area contributed by atoms with E-state index in [0.29, 0.717) is 6.61 Å². The third-order valence-corrected chi connectivity index (χ3v) is 2.59. The number of aryl methyl sites for hydroxylation is 1. The average molecular weight is 220 g/mol. The van der Waals surface area contributed by atoms with Crippen molar-refractivity contribution in [2.45, 2.75) is 19.8 Å². The Hall–Kier alpha value is -1.71. The van der Waals surface area contributed by atoms with Crippen LogP contribution in [0.25, 0.3) is 0 Å². The molecule has 16 heavy (non-hydrogen) atoms. The van der Waals surface area contributed by atoms with Gasteiger partial charge >= 0.3 is 6.09 Å². The summed E-state index contributed by atoms with van der Waals surface area (Å²) in [5, 5.41) is 6.06. The molecule has 0 atom stereocenters. The Morgan fingerprint density at radius 3 is 3.25 bits per heavy atom. The van der Waals surface area contributed by atoms with Crippen molar-refractivity contribution in [2.24, 2.45) is 0 Å². The van der Waals surface area contributed by atoms with Gasteiger partial charge in [0.2, 0.25) is 0 Å². The van der Waals surface area contributed by atoms with E-state index in [1.807, 2.05) is 12.1 Å². The first-order valence-electron chi connectivity index (χ1n) is 5.61. The summed E-state index contributed by atoms with van der Waals surface area (Å²) in [5.41, 5.74) is 3.08. The minimum atomic E-state index is -0.400. The predicted octanol–water partition coefficient (Wildman–Crippen LogP) is 2.61. The summed E-state index contributed by atoms with van der Waals surface area (Å²) in [4.78, 5) is 11.3. The summed E-state index contributed by atoms with van der Waals surface area (Å²) < 4.78 is 4.86. The molecule has 1 amide bonds. The highest BCUT2D eigenvalue weighted by Crippen LogP contribution is 2.29. The summed E-state index contributed by atoms with van der Waals surface area (Å²) in [7, 11) is 0. The Morgan fingerprint density at radius 1 is 1.56 bits per heavy atom. The highest BCUT2D eigenvalue weighted by molar-refractivity contribution is 5.90. The molecule has 1 aromatic rings. The Kier molecular flexibility index (Phi) is 3.29. The fraction of sp³-hybridized carbons (Fsp3) is 0.417. The van der Waals surface area contributed by atoms with E-state index < -0.39 is 6.09 Å². The molecule has 86 valence electrons. The molecule has 0 aliphatic carbocycles. The van der Waals surface area contributed by atoms with E-state index >= 15 is 0 Å². The highest BCUT2D eigenvalue weighted by Gasteiger charge is 2.13. The Morgan fingerprint density at radius 2 is 2.44 bits per heavy atom. The Bertz CT molecular complexity index is 391. The number of para-hydroxylation sites is 1. The monoisotopic (exact) mass is 220 g/mol. The lowest BCUT2D eigenvalue weighted by Crippen LogP contribution is -2.18. The van der Waals surface area contributed by atoms with Crippen molar-refractivity contribution in [3.8, 4) is 0 Å². The number of amides is 1. The van der Waals surface area contributed by atoms with Crippen molar-refractivity contribution in [2.75, 3.05) is 23.8 Å². The first-order chi connectivity index (χ1) is 7.81. The fourth-order valence-corrected chi connectivity index (χ4v) is 1.89. The van der Waals surface area contributed by atoms with Crippen LogP contribution in [0.2, 0.25) is 0 Å². The van der Waals surface area contributed by atoms with E-state index in [4.69, 9.17) is 4.74 Å². The summed E-state index contributed by atoms with van der Waals surface area (Å²) >= 11 is 0. The molecule has 0 bridgehead atoms. The van der Waals surface area contributed by atoms with Crippen molar-refractivity contribution >= 4 is 17.5 Å². The van der Waals surface area contributed by atoms with Crippen LogP contribution in [-0.2, 0) is 11.2 Å². The van der Waals surface area contributed by atoms with Gasteiger partial charge in [0.05, 0.1) is 18.0 Å². The maximum atomic E-state index is 11.3. The number of nitrogens with one attached hydrogen (secondary N) is 2. The SMILES string of the molecule is CCOC(=O)Nc1cccc2c1NCCC2. The van der Waals surface area contributed by atoms with Crippen LogP contribution >= 0.6 is 0 Å². The minimum Gasteiger partial charge on any atom is -0.450 e. The van der Waals surface area contributed by atoms with Crippen LogP contribution in [-0.4, -0.2) is 19.2 Å². The molecule has 4 nitrogen and oxygen atoms in total. The molecule has 0 saturated carbocycles. The fourth-order valence-electron chi connectivity index (χ4n) is 1.89. The zero-order chi connectivity index (χ0) is 11.4. The van der Waals surface area contributed by atoms with Gasteiger partial charge in [-0.1, -0.05) is 12.1 Å². The lowest BCUT2D eigenvalue weighted by atomic mass is 10.0. The van der Waals surface area contributed by atoms with Crippen LogP contribution in [0.4, 0.5) is 16.2 Å². The smallest absolute Gasteiger partial charge is 0.411 e. The molecular weight excluding hydrogens is 204 g/mol. The predicted molar refractivity (Wildman–Crippen MR) is 63.9 cm³/mol. The van der Waals surface area contributed by atoms with Gasteiger partial charge in [0.25, 0.3) is 0 Å². The number of benzene rings is 1. The van der Waals surface area contributed by atoms with Crippen molar-refractivity contribution in [3.05, 3.63) is 23.8 Å². The van der Waals surface area contributed by atoms with E-state index in [9.17, 15) is 4.79 Å². The van der Waals surface area contributed by atoms with E-state index in [-0.39, 0.29) is 0 Å². The van der Waals surface area contributed by atoms with Crippen LogP contribution in [0.3, 0.4) is 0 Å². The first-order valence-corrected chi connectivity index (χ1v) is 5.61. The summed E-state index contributed by atoms with van der Waals surface area (Å²) in [6, 6.07) is 5.92. The molecule has 0 saturated heterocycles. The van der Waals surface area contributed by atoms with E-state index in [1.54, 1.807) is 6.92 Å². The zero-order valence-electron chi connectivity index (χ0n) is 9.38. The summed E-state index contributed by atoms with van der Waals surface area (Å²) in [6.07, 6.45) is 1.79. The number of carbonyl (C=O) groups is 1. The lowest BCUT2D eigenvalue weighted by Gasteiger charge is -2.21. The van der Waals surface area contributed by atoms with Gasteiger partial charge in [-0.3, -0.25) is 5.32 Å². The molecule has 0 radical (unpaired) electrons. The van der Waals surface area contributed by atoms with Gasteiger partial charge in [-0.2, -0.15) is 0 Å². The van der Waals surface area contributed by atoms with E-state index in [1.165, 1.54) is 5.56 Å². The maximum absolute atomic E-state index is 11.3. The molecule has 0 unspecified atom stereocenters. The van der Waals surface area contributed by atoms with E-state index in [2.05, 4.69) is 16.7 Å². The lowest BCUT2D eigenvalue weighted by molar-refractivity contribution is 0.168. The number of hydrogen-bond donors (Lipinski definition) is 2. The third-order valence-electron chi connectivity index (χ3n) is 2.59. The van der Waals surface area contributed by atoms with Crippen LogP contribution in [0, 0.1) is 0 Å². The number of fused-ring (bicyclic) bond motifs is 1. The molecule has 1 aliphatic rings. The molecule has 2 rings (SSSR count). The van der Waals surface area contributed by atoms with E-state index in [0.717, 1.165) is 30.8 Å². The zero-order valence-corrected chi connectivity index (χ0v) is 9.38. The second kappa shape index (κ2) is 4.88. The van der Waals surface area contributed by atoms with Crippen LogP contribution < -0.4 is 10.6 Å². The molecule has 1 heterocycles. The number of hydrogen-bond acceptors (Lipinski definition) is 3. The van der Waals surface area contributed by atoms with Gasteiger partial charge in [0.15, 0.2) is 0 Å². The van der Waals surface area contributed by atoms with Crippen molar-refractivity contribution in [3.63, 3.8) is 0 Å². The van der Waals surface area contributed by atoms with Gasteiger partial charge in [-0.05, 0) is 31.4 Å². The first kappa shape index (κ1) is 10.8. The topological polar surface area (TPSA) is 50.4 Å². The number of anilines is 2. The second-order valence-electron chi connectivity index (χ2n) is 3.72. The third kappa shape index (κ3) is 2.27. The average Bonchev–Trinajstić information content (AvgIpc) is 2.30. The molecular formula is C12H16N2O2. The highest BCUT2D eigenvalue weighted by atomic mass is 16.5. The second-order valence-corrected chi connectivity index (χ2v) is 3.72. The molecule has 1 aromatic carbocycles.